The van der Waals surface area contributed by atoms with Crippen molar-refractivity contribution in [2.24, 2.45) is 5.41 Å². The zero-order chi connectivity index (χ0) is 15.3. The number of Topliss-reactive ketones (excluding diaryl/α,β-unsaturated/α-hetero) is 1. The summed E-state index contributed by atoms with van der Waals surface area (Å²) in [5, 5.41) is 0. The second-order valence-electron chi connectivity index (χ2n) is 6.63. The van der Waals surface area contributed by atoms with Crippen LogP contribution in [0, 0.1) is 5.41 Å². The molecule has 0 saturated heterocycles. The van der Waals surface area contributed by atoms with E-state index in [0.717, 1.165) is 19.3 Å². The lowest BCUT2D eigenvalue weighted by Gasteiger charge is -2.33. The normalized spacial score (nSPS) is 11.8. The molecule has 0 heterocycles. The molecule has 0 aromatic carbocycles. The van der Waals surface area contributed by atoms with Gasteiger partial charge in [-0.3, -0.25) is 4.79 Å². The highest BCUT2D eigenvalue weighted by atomic mass is 16.1. The highest BCUT2D eigenvalue weighted by molar-refractivity contribution is 5.79. The minimum Gasteiger partial charge on any atom is -0.300 e. The molecular formula is C19H38O. The van der Waals surface area contributed by atoms with Crippen LogP contribution in [0.3, 0.4) is 0 Å². The quantitative estimate of drug-likeness (QED) is 0.324. The Bertz CT molecular complexity index is 224. The Labute approximate surface area is 127 Å². The molecule has 0 fully saturated rings. The summed E-state index contributed by atoms with van der Waals surface area (Å²) in [5.74, 6) is 0.527. The van der Waals surface area contributed by atoms with Crippen molar-refractivity contribution in [3.05, 3.63) is 0 Å². The van der Waals surface area contributed by atoms with Crippen LogP contribution >= 0.6 is 0 Å². The first-order chi connectivity index (χ1) is 9.64. The first-order valence-corrected chi connectivity index (χ1v) is 9.15. The van der Waals surface area contributed by atoms with Crippen molar-refractivity contribution in [3.63, 3.8) is 0 Å². The Balaban J connectivity index is 4.55. The van der Waals surface area contributed by atoms with Gasteiger partial charge in [-0.1, -0.05) is 72.6 Å². The van der Waals surface area contributed by atoms with E-state index in [4.69, 9.17) is 0 Å². The average Bonchev–Trinajstić information content (AvgIpc) is 2.43. The number of rotatable bonds is 14. The molecule has 1 nitrogen and oxygen atoms in total. The lowest BCUT2D eigenvalue weighted by Crippen LogP contribution is -2.25. The van der Waals surface area contributed by atoms with Crippen LogP contribution in [0.4, 0.5) is 0 Å². The summed E-state index contributed by atoms with van der Waals surface area (Å²) in [6, 6.07) is 0. The molecule has 0 aromatic rings. The first kappa shape index (κ1) is 19.7. The molecule has 0 unspecified atom stereocenters. The van der Waals surface area contributed by atoms with Crippen molar-refractivity contribution in [3.8, 4) is 0 Å². The SMILES string of the molecule is CCCCCC(=O)CC(CCC)(CCCC)CCCC. The molecule has 20 heavy (non-hydrogen) atoms. The van der Waals surface area contributed by atoms with E-state index in [1.165, 1.54) is 64.2 Å². The molecule has 0 spiro atoms. The molecule has 1 heteroatoms. The first-order valence-electron chi connectivity index (χ1n) is 9.15. The van der Waals surface area contributed by atoms with Crippen molar-refractivity contribution < 1.29 is 4.79 Å². The Kier molecular flexibility index (Phi) is 12.2. The second kappa shape index (κ2) is 12.4. The van der Waals surface area contributed by atoms with Gasteiger partial charge in [-0.15, -0.1) is 0 Å². The summed E-state index contributed by atoms with van der Waals surface area (Å²) in [6.45, 7) is 9.00. The highest BCUT2D eigenvalue weighted by Gasteiger charge is 2.30. The van der Waals surface area contributed by atoms with Gasteiger partial charge in [0.05, 0.1) is 0 Å². The number of ketones is 1. The molecular weight excluding hydrogens is 244 g/mol. The zero-order valence-corrected chi connectivity index (χ0v) is 14.6. The standard InChI is InChI=1S/C19H38O/c1-5-9-12-13-18(20)17-19(14-8-4,15-10-6-2)16-11-7-3/h5-17H2,1-4H3. The topological polar surface area (TPSA) is 17.1 Å². The lowest BCUT2D eigenvalue weighted by atomic mass is 9.71. The van der Waals surface area contributed by atoms with Crippen LogP contribution in [0.5, 0.6) is 0 Å². The van der Waals surface area contributed by atoms with Crippen molar-refractivity contribution >= 4 is 5.78 Å². The summed E-state index contributed by atoms with van der Waals surface area (Å²) < 4.78 is 0. The molecule has 0 N–H and O–H groups in total. The maximum absolute atomic E-state index is 12.3. The molecule has 0 aromatic heterocycles. The van der Waals surface area contributed by atoms with E-state index in [9.17, 15) is 4.79 Å². The predicted octanol–water partition coefficient (Wildman–Crippen LogP) is 6.69. The monoisotopic (exact) mass is 282 g/mol. The van der Waals surface area contributed by atoms with Crippen LogP contribution in [0.2, 0.25) is 0 Å². The van der Waals surface area contributed by atoms with Crippen molar-refractivity contribution in [2.75, 3.05) is 0 Å². The van der Waals surface area contributed by atoms with Crippen LogP contribution in [0.1, 0.15) is 111 Å². The van der Waals surface area contributed by atoms with Gasteiger partial charge >= 0.3 is 0 Å². The number of carbonyl (C=O) groups is 1. The van der Waals surface area contributed by atoms with Crippen LogP contribution < -0.4 is 0 Å². The lowest BCUT2D eigenvalue weighted by molar-refractivity contribution is -0.122. The van der Waals surface area contributed by atoms with Gasteiger partial charge < -0.3 is 0 Å². The molecule has 0 amide bonds. The predicted molar refractivity (Wildman–Crippen MR) is 90.2 cm³/mol. The van der Waals surface area contributed by atoms with Gasteiger partial charge in [-0.25, -0.2) is 0 Å². The van der Waals surface area contributed by atoms with E-state index in [1.807, 2.05) is 0 Å². The number of unbranched alkanes of at least 4 members (excludes halogenated alkanes) is 4. The Morgan fingerprint density at radius 3 is 1.70 bits per heavy atom. The van der Waals surface area contributed by atoms with Crippen molar-refractivity contribution in [2.45, 2.75) is 111 Å². The van der Waals surface area contributed by atoms with Crippen molar-refractivity contribution in [1.82, 2.24) is 0 Å². The molecule has 0 aliphatic rings. The minimum atomic E-state index is 0.323. The van der Waals surface area contributed by atoms with Gasteiger partial charge in [0.2, 0.25) is 0 Å². The Morgan fingerprint density at radius 1 is 0.700 bits per heavy atom. The maximum atomic E-state index is 12.3. The largest absolute Gasteiger partial charge is 0.300 e. The van der Waals surface area contributed by atoms with Gasteiger partial charge in [0, 0.05) is 12.8 Å². The van der Waals surface area contributed by atoms with Gasteiger partial charge in [-0.2, -0.15) is 0 Å². The fourth-order valence-electron chi connectivity index (χ4n) is 3.35. The van der Waals surface area contributed by atoms with Gasteiger partial charge in [0.15, 0.2) is 0 Å². The van der Waals surface area contributed by atoms with E-state index >= 15 is 0 Å². The van der Waals surface area contributed by atoms with E-state index in [-0.39, 0.29) is 0 Å². The molecule has 0 aliphatic carbocycles. The van der Waals surface area contributed by atoms with Gasteiger partial charge in [0.25, 0.3) is 0 Å². The fourth-order valence-corrected chi connectivity index (χ4v) is 3.35. The Hall–Kier alpha value is -0.330. The second-order valence-corrected chi connectivity index (χ2v) is 6.63. The highest BCUT2D eigenvalue weighted by Crippen LogP contribution is 2.40. The minimum absolute atomic E-state index is 0.323. The third-order valence-corrected chi connectivity index (χ3v) is 4.53. The molecule has 0 atom stereocenters. The third kappa shape index (κ3) is 8.76. The summed E-state index contributed by atoms with van der Waals surface area (Å²) in [6.07, 6.45) is 15.2. The molecule has 0 radical (unpaired) electrons. The molecule has 0 saturated carbocycles. The summed E-state index contributed by atoms with van der Waals surface area (Å²) in [4.78, 5) is 12.3. The number of hydrogen-bond donors (Lipinski definition) is 0. The van der Waals surface area contributed by atoms with Crippen LogP contribution in [-0.2, 0) is 4.79 Å². The molecule has 0 bridgehead atoms. The maximum Gasteiger partial charge on any atom is 0.133 e. The third-order valence-electron chi connectivity index (χ3n) is 4.53. The van der Waals surface area contributed by atoms with E-state index in [1.54, 1.807) is 0 Å². The van der Waals surface area contributed by atoms with E-state index < -0.39 is 0 Å². The molecule has 0 aliphatic heterocycles. The smallest absolute Gasteiger partial charge is 0.133 e. The van der Waals surface area contributed by atoms with E-state index in [2.05, 4.69) is 27.7 Å². The van der Waals surface area contributed by atoms with Crippen LogP contribution in [0.25, 0.3) is 0 Å². The van der Waals surface area contributed by atoms with Crippen molar-refractivity contribution in [1.29, 1.82) is 0 Å². The summed E-state index contributed by atoms with van der Waals surface area (Å²) in [7, 11) is 0. The van der Waals surface area contributed by atoms with Crippen LogP contribution in [-0.4, -0.2) is 5.78 Å². The summed E-state index contributed by atoms with van der Waals surface area (Å²) >= 11 is 0. The van der Waals surface area contributed by atoms with E-state index in [0.29, 0.717) is 11.2 Å². The molecule has 120 valence electrons. The zero-order valence-electron chi connectivity index (χ0n) is 14.6. The number of hydrogen-bond acceptors (Lipinski definition) is 1. The average molecular weight is 283 g/mol. The number of carbonyl (C=O) groups excluding carboxylic acids is 1. The van der Waals surface area contributed by atoms with Gasteiger partial charge in [0.1, 0.15) is 5.78 Å². The fraction of sp³-hybridized carbons (Fsp3) is 0.947. The summed E-state index contributed by atoms with van der Waals surface area (Å²) in [5.41, 5.74) is 0.323. The molecule has 0 rings (SSSR count). The van der Waals surface area contributed by atoms with Crippen LogP contribution in [0.15, 0.2) is 0 Å². The Morgan fingerprint density at radius 2 is 1.25 bits per heavy atom. The van der Waals surface area contributed by atoms with Gasteiger partial charge in [-0.05, 0) is 31.1 Å².